The first-order chi connectivity index (χ1) is 16.3. The molecule has 1 saturated heterocycles. The highest BCUT2D eigenvalue weighted by Gasteiger charge is 2.36. The van der Waals surface area contributed by atoms with Crippen LogP contribution in [0, 0.1) is 23.7 Å². The first-order valence-electron chi connectivity index (χ1n) is 10.7. The summed E-state index contributed by atoms with van der Waals surface area (Å²) in [5.41, 5.74) is 0. The van der Waals surface area contributed by atoms with E-state index in [4.69, 9.17) is 30.4 Å². The number of terminal acetylenes is 1. The topological polar surface area (TPSA) is 122 Å². The van der Waals surface area contributed by atoms with Crippen LogP contribution >= 0.6 is 8.53 Å². The lowest BCUT2D eigenvalue weighted by Crippen LogP contribution is -2.33. The maximum atomic E-state index is 11.9. The first-order valence-corrected chi connectivity index (χ1v) is 11.9. The lowest BCUT2D eigenvalue weighted by atomic mass is 10.0. The maximum Gasteiger partial charge on any atom is 0.320 e. The summed E-state index contributed by atoms with van der Waals surface area (Å²) >= 11 is 0. The van der Waals surface area contributed by atoms with Crippen LogP contribution in [0.2, 0.25) is 0 Å². The fourth-order valence-corrected chi connectivity index (χ4v) is 4.12. The monoisotopic (exact) mass is 490 g/mol. The molecule has 0 saturated carbocycles. The summed E-state index contributed by atoms with van der Waals surface area (Å²) in [6.07, 6.45) is 8.80. The van der Waals surface area contributed by atoms with Crippen molar-refractivity contribution in [3.8, 4) is 18.1 Å². The zero-order valence-electron chi connectivity index (χ0n) is 19.5. The van der Waals surface area contributed by atoms with E-state index >= 15 is 0 Å². The summed E-state index contributed by atoms with van der Waals surface area (Å²) in [4.78, 5) is 24.1. The van der Waals surface area contributed by atoms with Crippen molar-refractivity contribution in [2.24, 2.45) is 5.92 Å². The Morgan fingerprint density at radius 3 is 2.79 bits per heavy atom. The SMILES string of the molecule is C#CC1CC(COP(NCC(=O)OC(C)C)Oc2ccccc2)OC1N(C)/C=C\C(=N)NC=O. The van der Waals surface area contributed by atoms with Gasteiger partial charge in [-0.3, -0.25) is 15.0 Å². The minimum atomic E-state index is -1.66. The van der Waals surface area contributed by atoms with Crippen molar-refractivity contribution >= 4 is 26.7 Å². The molecule has 2 rings (SSSR count). The first kappa shape index (κ1) is 27.3. The standard InChI is InChI=1S/C23H31N4O6P/c1-5-18-13-20(32-23(18)27(4)12-11-21(24)25-16-28)15-30-34(26-14-22(29)31-17(2)3)33-19-9-7-6-8-10-19/h1,6-12,16-18,20,23,26H,13-15H2,2-4H3,(H2,24,25,28)/b12-11-. The van der Waals surface area contributed by atoms with Crippen molar-refractivity contribution in [1.82, 2.24) is 15.3 Å². The molecule has 184 valence electrons. The van der Waals surface area contributed by atoms with Gasteiger partial charge in [-0.2, -0.15) is 0 Å². The second kappa shape index (κ2) is 14.3. The average molecular weight is 490 g/mol. The Morgan fingerprint density at radius 1 is 1.41 bits per heavy atom. The highest BCUT2D eigenvalue weighted by atomic mass is 31.2. The van der Waals surface area contributed by atoms with Crippen LogP contribution in [0.3, 0.4) is 0 Å². The van der Waals surface area contributed by atoms with Crippen LogP contribution in [-0.2, 0) is 23.6 Å². The van der Waals surface area contributed by atoms with E-state index in [-0.39, 0.29) is 37.1 Å². The molecule has 1 aliphatic rings. The largest absolute Gasteiger partial charge is 0.462 e. The molecule has 1 heterocycles. The van der Waals surface area contributed by atoms with E-state index in [2.05, 4.69) is 16.3 Å². The Bertz CT molecular complexity index is 876. The second-order valence-corrected chi connectivity index (χ2v) is 8.92. The van der Waals surface area contributed by atoms with Gasteiger partial charge in [-0.15, -0.1) is 6.42 Å². The van der Waals surface area contributed by atoms with Crippen LogP contribution < -0.4 is 14.9 Å². The average Bonchev–Trinajstić information content (AvgIpc) is 3.23. The number of nitrogens with zero attached hydrogens (tertiary/aromatic N) is 1. The summed E-state index contributed by atoms with van der Waals surface area (Å²) in [7, 11) is 0.116. The molecule has 0 radical (unpaired) electrons. The summed E-state index contributed by atoms with van der Waals surface area (Å²) in [6, 6.07) is 9.14. The molecule has 4 atom stereocenters. The molecule has 0 aromatic heterocycles. The third-order valence-corrected chi connectivity index (χ3v) is 5.70. The smallest absolute Gasteiger partial charge is 0.320 e. The van der Waals surface area contributed by atoms with Gasteiger partial charge in [0.05, 0.1) is 24.7 Å². The predicted octanol–water partition coefficient (Wildman–Crippen LogP) is 2.38. The lowest BCUT2D eigenvalue weighted by Gasteiger charge is -2.25. The van der Waals surface area contributed by atoms with E-state index in [1.165, 1.54) is 6.08 Å². The molecule has 1 fully saturated rings. The Balaban J connectivity index is 1.95. The molecule has 11 heteroatoms. The number of ether oxygens (including phenoxy) is 2. The highest BCUT2D eigenvalue weighted by molar-refractivity contribution is 7.45. The summed E-state index contributed by atoms with van der Waals surface area (Å²) in [5, 5.41) is 12.8. The predicted molar refractivity (Wildman–Crippen MR) is 129 cm³/mol. The number of para-hydroxylation sites is 1. The normalized spacial score (nSPS) is 20.5. The summed E-state index contributed by atoms with van der Waals surface area (Å²) in [6.45, 7) is 3.69. The summed E-state index contributed by atoms with van der Waals surface area (Å²) in [5.74, 6) is 2.68. The van der Waals surface area contributed by atoms with Gasteiger partial charge in [0.1, 0.15) is 24.4 Å². The zero-order valence-corrected chi connectivity index (χ0v) is 20.4. The van der Waals surface area contributed by atoms with E-state index in [9.17, 15) is 9.59 Å². The van der Waals surface area contributed by atoms with Crippen molar-refractivity contribution in [2.75, 3.05) is 20.2 Å². The fraction of sp³-hybridized carbons (Fsp3) is 0.435. The molecule has 10 nitrogen and oxygen atoms in total. The molecule has 4 unspecified atom stereocenters. The van der Waals surface area contributed by atoms with Crippen molar-refractivity contribution < 1.29 is 28.1 Å². The van der Waals surface area contributed by atoms with Gasteiger partial charge in [-0.25, -0.2) is 5.09 Å². The van der Waals surface area contributed by atoms with E-state index in [1.807, 2.05) is 18.2 Å². The van der Waals surface area contributed by atoms with E-state index < -0.39 is 20.7 Å². The maximum absolute atomic E-state index is 11.9. The van der Waals surface area contributed by atoms with E-state index in [1.54, 1.807) is 44.1 Å². The van der Waals surface area contributed by atoms with Crippen LogP contribution in [0.4, 0.5) is 0 Å². The van der Waals surface area contributed by atoms with Gasteiger partial charge in [0.15, 0.2) is 0 Å². The van der Waals surface area contributed by atoms with Gasteiger partial charge in [0.2, 0.25) is 6.41 Å². The van der Waals surface area contributed by atoms with Gasteiger partial charge in [-0.05, 0) is 38.5 Å². The number of benzene rings is 1. The van der Waals surface area contributed by atoms with Gasteiger partial charge >= 0.3 is 14.5 Å². The van der Waals surface area contributed by atoms with Crippen molar-refractivity contribution in [3.05, 3.63) is 42.6 Å². The zero-order chi connectivity index (χ0) is 24.9. The second-order valence-electron chi connectivity index (χ2n) is 7.65. The van der Waals surface area contributed by atoms with Gasteiger partial charge < -0.3 is 28.7 Å². The van der Waals surface area contributed by atoms with Crippen molar-refractivity contribution in [1.29, 1.82) is 5.41 Å². The number of carbonyl (C=O) groups excluding carboxylic acids is 2. The molecular formula is C23H31N4O6P. The molecule has 0 bridgehead atoms. The number of nitrogens with one attached hydrogen (secondary N) is 3. The van der Waals surface area contributed by atoms with E-state index in [0.29, 0.717) is 18.6 Å². The van der Waals surface area contributed by atoms with Gasteiger partial charge in [0, 0.05) is 13.2 Å². The third kappa shape index (κ3) is 9.49. The van der Waals surface area contributed by atoms with Crippen LogP contribution in [0.15, 0.2) is 42.6 Å². The highest BCUT2D eigenvalue weighted by Crippen LogP contribution is 2.37. The molecule has 0 spiro atoms. The molecule has 1 aromatic rings. The molecule has 1 aromatic carbocycles. The Morgan fingerprint density at radius 2 is 2.15 bits per heavy atom. The van der Waals surface area contributed by atoms with Gasteiger partial charge in [-0.1, -0.05) is 24.1 Å². The number of amidine groups is 1. The minimum Gasteiger partial charge on any atom is -0.462 e. The van der Waals surface area contributed by atoms with Crippen LogP contribution in [0.25, 0.3) is 0 Å². The van der Waals surface area contributed by atoms with Gasteiger partial charge in [0.25, 0.3) is 0 Å². The van der Waals surface area contributed by atoms with Crippen molar-refractivity contribution in [3.63, 3.8) is 0 Å². The quantitative estimate of drug-likeness (QED) is 0.0962. The molecule has 34 heavy (non-hydrogen) atoms. The van der Waals surface area contributed by atoms with Crippen molar-refractivity contribution in [2.45, 2.75) is 38.7 Å². The molecule has 1 amide bonds. The Hall–Kier alpha value is -2.96. The lowest BCUT2D eigenvalue weighted by molar-refractivity contribution is -0.145. The van der Waals surface area contributed by atoms with E-state index in [0.717, 1.165) is 0 Å². The fourth-order valence-electron chi connectivity index (χ4n) is 3.04. The molecular weight excluding hydrogens is 459 g/mol. The molecule has 0 aliphatic carbocycles. The van der Waals surface area contributed by atoms with Crippen LogP contribution in [0.5, 0.6) is 5.75 Å². The third-order valence-electron chi connectivity index (χ3n) is 4.53. The summed E-state index contributed by atoms with van der Waals surface area (Å²) < 4.78 is 23.1. The number of rotatable bonds is 13. The number of amides is 1. The number of carbonyl (C=O) groups is 2. The minimum absolute atomic E-state index is 0.0530. The number of hydrogen-bond acceptors (Lipinski definition) is 9. The number of esters is 1. The Kier molecular flexibility index (Phi) is 11.5. The number of hydrogen-bond donors (Lipinski definition) is 3. The molecule has 3 N–H and O–H groups in total. The van der Waals surface area contributed by atoms with Crippen LogP contribution in [0.1, 0.15) is 20.3 Å². The molecule has 1 aliphatic heterocycles. The Labute approximate surface area is 201 Å². The van der Waals surface area contributed by atoms with Crippen LogP contribution in [-0.4, -0.2) is 61.8 Å².